The Morgan fingerprint density at radius 2 is 2.00 bits per heavy atom. The fourth-order valence-electron chi connectivity index (χ4n) is 1.91. The van der Waals surface area contributed by atoms with Crippen LogP contribution in [0, 0.1) is 5.92 Å². The van der Waals surface area contributed by atoms with Crippen LogP contribution in [-0.2, 0) is 10.0 Å². The molecule has 1 aliphatic rings. The van der Waals surface area contributed by atoms with Crippen molar-refractivity contribution in [3.63, 3.8) is 0 Å². The van der Waals surface area contributed by atoms with Gasteiger partial charge in [0.05, 0.1) is 12.4 Å². The van der Waals surface area contributed by atoms with Gasteiger partial charge in [-0.2, -0.15) is 4.31 Å². The smallest absolute Gasteiger partial charge is 0.246 e. The van der Waals surface area contributed by atoms with Crippen molar-refractivity contribution in [3.05, 3.63) is 12.4 Å². The molecular formula is C12H21N5O2S. The van der Waals surface area contributed by atoms with Gasteiger partial charge < -0.3 is 0 Å². The van der Waals surface area contributed by atoms with Gasteiger partial charge in [0.25, 0.3) is 0 Å². The molecule has 1 saturated carbocycles. The standard InChI is InChI=1S/C12H21N5O2S/c1-9(2)5-6-17(10-3-4-10)20(18,19)11-7-14-12(16-13)15-8-11/h7-10H,3-6,13H2,1-2H3,(H,14,15,16). The summed E-state index contributed by atoms with van der Waals surface area (Å²) in [5.41, 5.74) is 2.28. The summed E-state index contributed by atoms with van der Waals surface area (Å²) in [6.45, 7) is 4.71. The number of hydrogen-bond acceptors (Lipinski definition) is 6. The lowest BCUT2D eigenvalue weighted by Gasteiger charge is -2.22. The largest absolute Gasteiger partial charge is 0.292 e. The summed E-state index contributed by atoms with van der Waals surface area (Å²) in [7, 11) is -3.52. The molecule has 1 fully saturated rings. The van der Waals surface area contributed by atoms with E-state index in [0.29, 0.717) is 12.5 Å². The summed E-state index contributed by atoms with van der Waals surface area (Å²) in [5.74, 6) is 5.84. The average molecular weight is 299 g/mol. The van der Waals surface area contributed by atoms with E-state index >= 15 is 0 Å². The predicted molar refractivity (Wildman–Crippen MR) is 76.2 cm³/mol. The van der Waals surface area contributed by atoms with E-state index in [9.17, 15) is 8.42 Å². The summed E-state index contributed by atoms with van der Waals surface area (Å²) in [4.78, 5) is 7.85. The monoisotopic (exact) mass is 299 g/mol. The number of aromatic nitrogens is 2. The van der Waals surface area contributed by atoms with Gasteiger partial charge >= 0.3 is 0 Å². The summed E-state index contributed by atoms with van der Waals surface area (Å²) >= 11 is 0. The lowest BCUT2D eigenvalue weighted by Crippen LogP contribution is -2.34. The van der Waals surface area contributed by atoms with Crippen molar-refractivity contribution < 1.29 is 8.42 Å². The number of anilines is 1. The van der Waals surface area contributed by atoms with Crippen molar-refractivity contribution in [3.8, 4) is 0 Å². The van der Waals surface area contributed by atoms with Crippen molar-refractivity contribution in [1.29, 1.82) is 0 Å². The van der Waals surface area contributed by atoms with Gasteiger partial charge in [0.1, 0.15) is 4.90 Å². The Bertz CT molecular complexity index is 539. The van der Waals surface area contributed by atoms with E-state index in [0.717, 1.165) is 19.3 Å². The number of rotatable bonds is 7. The Morgan fingerprint density at radius 1 is 1.40 bits per heavy atom. The van der Waals surface area contributed by atoms with E-state index in [4.69, 9.17) is 5.84 Å². The van der Waals surface area contributed by atoms with Crippen molar-refractivity contribution in [2.24, 2.45) is 11.8 Å². The predicted octanol–water partition coefficient (Wildman–Crippen LogP) is 0.961. The molecule has 0 radical (unpaired) electrons. The maximum Gasteiger partial charge on any atom is 0.246 e. The van der Waals surface area contributed by atoms with Crippen LogP contribution in [-0.4, -0.2) is 35.3 Å². The summed E-state index contributed by atoms with van der Waals surface area (Å²) in [6.07, 6.45) is 5.30. The van der Waals surface area contributed by atoms with Crippen molar-refractivity contribution in [1.82, 2.24) is 14.3 Å². The number of nitrogens with zero attached hydrogens (tertiary/aromatic N) is 3. The molecule has 0 aromatic carbocycles. The first-order valence-electron chi connectivity index (χ1n) is 6.75. The van der Waals surface area contributed by atoms with Crippen LogP contribution in [0.25, 0.3) is 0 Å². The van der Waals surface area contributed by atoms with Gasteiger partial charge in [-0.05, 0) is 25.2 Å². The first-order valence-corrected chi connectivity index (χ1v) is 8.19. The number of hydrazine groups is 1. The highest BCUT2D eigenvalue weighted by atomic mass is 32.2. The minimum Gasteiger partial charge on any atom is -0.292 e. The van der Waals surface area contributed by atoms with Crippen LogP contribution in [0.2, 0.25) is 0 Å². The van der Waals surface area contributed by atoms with Crippen LogP contribution >= 0.6 is 0 Å². The maximum absolute atomic E-state index is 12.6. The van der Waals surface area contributed by atoms with E-state index in [1.165, 1.54) is 12.4 Å². The zero-order valence-electron chi connectivity index (χ0n) is 11.8. The highest BCUT2D eigenvalue weighted by molar-refractivity contribution is 7.89. The average Bonchev–Trinajstić information content (AvgIpc) is 3.23. The highest BCUT2D eigenvalue weighted by Gasteiger charge is 2.38. The molecule has 0 spiro atoms. The third kappa shape index (κ3) is 3.44. The van der Waals surface area contributed by atoms with E-state index in [2.05, 4.69) is 29.2 Å². The second-order valence-corrected chi connectivity index (χ2v) is 7.31. The SMILES string of the molecule is CC(C)CCN(C1CC1)S(=O)(=O)c1cnc(NN)nc1. The molecule has 1 aromatic rings. The molecule has 0 aliphatic heterocycles. The van der Waals surface area contributed by atoms with Crippen LogP contribution in [0.15, 0.2) is 17.3 Å². The first kappa shape index (κ1) is 15.1. The van der Waals surface area contributed by atoms with E-state index in [-0.39, 0.29) is 16.9 Å². The summed E-state index contributed by atoms with van der Waals surface area (Å²) < 4.78 is 26.8. The molecule has 1 aliphatic carbocycles. The molecule has 0 amide bonds. The number of sulfonamides is 1. The Morgan fingerprint density at radius 3 is 2.45 bits per heavy atom. The van der Waals surface area contributed by atoms with Crippen LogP contribution in [0.1, 0.15) is 33.1 Å². The van der Waals surface area contributed by atoms with Gasteiger partial charge in [-0.3, -0.25) is 5.43 Å². The summed E-state index contributed by atoms with van der Waals surface area (Å²) in [6, 6.07) is 0.131. The van der Waals surface area contributed by atoms with Gasteiger partial charge in [-0.25, -0.2) is 24.2 Å². The second-order valence-electron chi connectivity index (χ2n) is 5.42. The molecule has 1 heterocycles. The van der Waals surface area contributed by atoms with Crippen LogP contribution in [0.5, 0.6) is 0 Å². The van der Waals surface area contributed by atoms with Crippen molar-refractivity contribution in [2.75, 3.05) is 12.0 Å². The van der Waals surface area contributed by atoms with E-state index < -0.39 is 10.0 Å². The molecule has 112 valence electrons. The zero-order chi connectivity index (χ0) is 14.8. The minimum absolute atomic E-state index is 0.118. The van der Waals surface area contributed by atoms with Crippen LogP contribution in [0.4, 0.5) is 5.95 Å². The number of nitrogens with one attached hydrogen (secondary N) is 1. The van der Waals surface area contributed by atoms with Gasteiger partial charge in [0.15, 0.2) is 0 Å². The fraction of sp³-hybridized carbons (Fsp3) is 0.667. The lowest BCUT2D eigenvalue weighted by atomic mass is 10.1. The Hall–Kier alpha value is -1.25. The first-order chi connectivity index (χ1) is 9.45. The van der Waals surface area contributed by atoms with Crippen molar-refractivity contribution in [2.45, 2.75) is 44.0 Å². The molecule has 2 rings (SSSR count). The number of nitrogens with two attached hydrogens (primary N) is 1. The van der Waals surface area contributed by atoms with Crippen molar-refractivity contribution >= 4 is 16.0 Å². The fourth-order valence-corrected chi connectivity index (χ4v) is 3.50. The van der Waals surface area contributed by atoms with Crippen LogP contribution < -0.4 is 11.3 Å². The summed E-state index contributed by atoms with van der Waals surface area (Å²) in [5, 5.41) is 0. The second kappa shape index (κ2) is 6.02. The third-order valence-corrected chi connectivity index (χ3v) is 5.15. The lowest BCUT2D eigenvalue weighted by molar-refractivity contribution is 0.373. The highest BCUT2D eigenvalue weighted by Crippen LogP contribution is 2.32. The minimum atomic E-state index is -3.52. The molecule has 0 bridgehead atoms. The van der Waals surface area contributed by atoms with Gasteiger partial charge in [0.2, 0.25) is 16.0 Å². The quantitative estimate of drug-likeness (QED) is 0.574. The molecule has 1 aromatic heterocycles. The molecular weight excluding hydrogens is 278 g/mol. The Labute approximate surface area is 119 Å². The number of nitrogen functional groups attached to an aromatic ring is 1. The molecule has 8 heteroatoms. The Balaban J connectivity index is 2.20. The third-order valence-electron chi connectivity index (χ3n) is 3.24. The molecule has 7 nitrogen and oxygen atoms in total. The zero-order valence-corrected chi connectivity index (χ0v) is 12.6. The maximum atomic E-state index is 12.6. The molecule has 0 unspecified atom stereocenters. The van der Waals surface area contributed by atoms with Gasteiger partial charge in [-0.15, -0.1) is 0 Å². The normalized spacial score (nSPS) is 15.8. The molecule has 0 atom stereocenters. The van der Waals surface area contributed by atoms with E-state index in [1.807, 2.05) is 0 Å². The Kier molecular flexibility index (Phi) is 4.56. The van der Waals surface area contributed by atoms with Crippen LogP contribution in [0.3, 0.4) is 0 Å². The van der Waals surface area contributed by atoms with E-state index in [1.54, 1.807) is 4.31 Å². The van der Waals surface area contributed by atoms with Gasteiger partial charge in [-0.1, -0.05) is 13.8 Å². The molecule has 3 N–H and O–H groups in total. The topological polar surface area (TPSA) is 101 Å². The number of hydrogen-bond donors (Lipinski definition) is 2. The van der Waals surface area contributed by atoms with Gasteiger partial charge in [0, 0.05) is 12.6 Å². The molecule has 0 saturated heterocycles. The molecule has 20 heavy (non-hydrogen) atoms.